The second-order valence-corrected chi connectivity index (χ2v) is 5.74. The van der Waals surface area contributed by atoms with Crippen molar-refractivity contribution >= 4 is 5.69 Å². The van der Waals surface area contributed by atoms with Crippen LogP contribution in [0, 0.1) is 5.92 Å². The van der Waals surface area contributed by atoms with E-state index in [1.165, 1.54) is 30.6 Å². The van der Waals surface area contributed by atoms with Gasteiger partial charge in [-0.3, -0.25) is 0 Å². The van der Waals surface area contributed by atoms with Gasteiger partial charge in [0.05, 0.1) is 0 Å². The highest BCUT2D eigenvalue weighted by Gasteiger charge is 2.19. The van der Waals surface area contributed by atoms with Gasteiger partial charge in [-0.15, -0.1) is 0 Å². The van der Waals surface area contributed by atoms with Gasteiger partial charge in [0.1, 0.15) is 0 Å². The van der Waals surface area contributed by atoms with Gasteiger partial charge < -0.3 is 10.2 Å². The molecule has 0 spiro atoms. The van der Waals surface area contributed by atoms with E-state index < -0.39 is 0 Å². The number of nitrogens with one attached hydrogen (secondary N) is 1. The minimum atomic E-state index is 0.615. The average Bonchev–Trinajstić information content (AvgIpc) is 2.56. The van der Waals surface area contributed by atoms with Crippen LogP contribution in [0.1, 0.15) is 39.2 Å². The molecule has 0 fully saturated rings. The van der Waals surface area contributed by atoms with E-state index in [1.807, 2.05) is 0 Å². The topological polar surface area (TPSA) is 15.3 Å². The van der Waals surface area contributed by atoms with Crippen LogP contribution in [-0.4, -0.2) is 19.1 Å². The fraction of sp³-hybridized carbons (Fsp3) is 0.625. The van der Waals surface area contributed by atoms with Crippen LogP contribution < -0.4 is 10.2 Å². The second-order valence-electron chi connectivity index (χ2n) is 5.74. The van der Waals surface area contributed by atoms with E-state index in [1.54, 1.807) is 0 Å². The lowest BCUT2D eigenvalue weighted by Crippen LogP contribution is -2.38. The fourth-order valence-corrected chi connectivity index (χ4v) is 2.55. The molecule has 1 heterocycles. The molecule has 0 aromatic heterocycles. The molecule has 0 saturated carbocycles. The van der Waals surface area contributed by atoms with Crippen molar-refractivity contribution in [3.05, 3.63) is 29.8 Å². The summed E-state index contributed by atoms with van der Waals surface area (Å²) >= 11 is 0. The molecule has 2 nitrogen and oxygen atoms in total. The molecule has 100 valence electrons. The Labute approximate surface area is 111 Å². The van der Waals surface area contributed by atoms with Crippen LogP contribution in [0.2, 0.25) is 0 Å². The summed E-state index contributed by atoms with van der Waals surface area (Å²) in [6.07, 6.45) is 2.47. The molecular formula is C16H26N2. The first-order chi connectivity index (χ1) is 8.70. The first-order valence-corrected chi connectivity index (χ1v) is 7.27. The van der Waals surface area contributed by atoms with Gasteiger partial charge in [0, 0.05) is 31.4 Å². The summed E-state index contributed by atoms with van der Waals surface area (Å²) in [5, 5.41) is 3.66. The molecule has 18 heavy (non-hydrogen) atoms. The van der Waals surface area contributed by atoms with Crippen molar-refractivity contribution in [2.24, 2.45) is 5.92 Å². The van der Waals surface area contributed by atoms with Gasteiger partial charge in [0.15, 0.2) is 0 Å². The highest BCUT2D eigenvalue weighted by molar-refractivity contribution is 5.54. The van der Waals surface area contributed by atoms with E-state index in [0.717, 1.165) is 19.0 Å². The minimum Gasteiger partial charge on any atom is -0.370 e. The maximum Gasteiger partial charge on any atom is 0.0412 e. The number of hydrogen-bond donors (Lipinski definition) is 1. The summed E-state index contributed by atoms with van der Waals surface area (Å²) in [7, 11) is 0. The summed E-state index contributed by atoms with van der Waals surface area (Å²) in [5.74, 6) is 0.772. The van der Waals surface area contributed by atoms with Gasteiger partial charge in [0.2, 0.25) is 0 Å². The standard InChI is InChI=1S/C16H26N2/c1-4-15-12-18(10-9-13(2)3)16-8-6-5-7-14(16)11-17-15/h5-8,13,15,17H,4,9-12H2,1-3H3. The normalized spacial score (nSPS) is 19.8. The van der Waals surface area contributed by atoms with Gasteiger partial charge in [-0.05, 0) is 30.4 Å². The third kappa shape index (κ3) is 3.26. The number of benzene rings is 1. The largest absolute Gasteiger partial charge is 0.370 e. The number of para-hydroxylation sites is 1. The summed E-state index contributed by atoms with van der Waals surface area (Å²) in [5.41, 5.74) is 2.87. The van der Waals surface area contributed by atoms with Crippen molar-refractivity contribution in [3.8, 4) is 0 Å². The summed E-state index contributed by atoms with van der Waals surface area (Å²) < 4.78 is 0. The highest BCUT2D eigenvalue weighted by atomic mass is 15.2. The molecule has 1 aliphatic heterocycles. The number of rotatable bonds is 4. The van der Waals surface area contributed by atoms with Crippen LogP contribution >= 0.6 is 0 Å². The predicted molar refractivity (Wildman–Crippen MR) is 79.0 cm³/mol. The molecule has 1 atom stereocenters. The summed E-state index contributed by atoms with van der Waals surface area (Å²) in [4.78, 5) is 2.57. The molecule has 1 aromatic carbocycles. The van der Waals surface area contributed by atoms with Gasteiger partial charge >= 0.3 is 0 Å². The molecule has 1 aliphatic rings. The van der Waals surface area contributed by atoms with Crippen LogP contribution in [0.15, 0.2) is 24.3 Å². The molecule has 0 amide bonds. The lowest BCUT2D eigenvalue weighted by atomic mass is 10.1. The smallest absolute Gasteiger partial charge is 0.0412 e. The zero-order valence-corrected chi connectivity index (χ0v) is 11.9. The number of nitrogens with zero attached hydrogens (tertiary/aromatic N) is 1. The van der Waals surface area contributed by atoms with Crippen LogP contribution in [0.25, 0.3) is 0 Å². The average molecular weight is 246 g/mol. The van der Waals surface area contributed by atoms with E-state index in [2.05, 4.69) is 55.3 Å². The van der Waals surface area contributed by atoms with E-state index in [4.69, 9.17) is 0 Å². The molecule has 1 N–H and O–H groups in total. The Morgan fingerprint density at radius 3 is 2.83 bits per heavy atom. The number of anilines is 1. The molecule has 2 rings (SSSR count). The van der Waals surface area contributed by atoms with Gasteiger partial charge in [-0.1, -0.05) is 39.0 Å². The first kappa shape index (κ1) is 13.4. The van der Waals surface area contributed by atoms with Crippen molar-refractivity contribution in [3.63, 3.8) is 0 Å². The van der Waals surface area contributed by atoms with Crippen LogP contribution in [0.5, 0.6) is 0 Å². The lowest BCUT2D eigenvalue weighted by Gasteiger charge is -2.28. The number of hydrogen-bond acceptors (Lipinski definition) is 2. The summed E-state index contributed by atoms with van der Waals surface area (Å²) in [6.45, 7) is 10.2. The summed E-state index contributed by atoms with van der Waals surface area (Å²) in [6, 6.07) is 9.45. The van der Waals surface area contributed by atoms with Crippen molar-refractivity contribution in [2.75, 3.05) is 18.0 Å². The second kappa shape index (κ2) is 6.24. The van der Waals surface area contributed by atoms with Gasteiger partial charge in [-0.2, -0.15) is 0 Å². The van der Waals surface area contributed by atoms with Crippen LogP contribution in [0.4, 0.5) is 5.69 Å². The third-order valence-corrected chi connectivity index (χ3v) is 3.82. The van der Waals surface area contributed by atoms with Crippen molar-refractivity contribution < 1.29 is 0 Å². The van der Waals surface area contributed by atoms with E-state index in [0.29, 0.717) is 6.04 Å². The van der Waals surface area contributed by atoms with Crippen LogP contribution in [0.3, 0.4) is 0 Å². The van der Waals surface area contributed by atoms with Crippen molar-refractivity contribution in [1.82, 2.24) is 5.32 Å². The third-order valence-electron chi connectivity index (χ3n) is 3.82. The molecule has 2 heteroatoms. The molecule has 0 aliphatic carbocycles. The SMILES string of the molecule is CCC1CN(CCC(C)C)c2ccccc2CN1. The Morgan fingerprint density at radius 2 is 2.11 bits per heavy atom. The number of fused-ring (bicyclic) bond motifs is 1. The Kier molecular flexibility index (Phi) is 4.65. The monoisotopic (exact) mass is 246 g/mol. The van der Waals surface area contributed by atoms with Crippen LogP contribution in [-0.2, 0) is 6.54 Å². The fourth-order valence-electron chi connectivity index (χ4n) is 2.55. The molecule has 1 aromatic rings. The highest BCUT2D eigenvalue weighted by Crippen LogP contribution is 2.24. The zero-order valence-electron chi connectivity index (χ0n) is 11.9. The first-order valence-electron chi connectivity index (χ1n) is 7.27. The minimum absolute atomic E-state index is 0.615. The van der Waals surface area contributed by atoms with Crippen molar-refractivity contribution in [2.45, 2.75) is 46.2 Å². The predicted octanol–water partition coefficient (Wildman–Crippen LogP) is 3.42. The Hall–Kier alpha value is -1.02. The quantitative estimate of drug-likeness (QED) is 0.875. The van der Waals surface area contributed by atoms with Gasteiger partial charge in [-0.25, -0.2) is 0 Å². The molecule has 1 unspecified atom stereocenters. The van der Waals surface area contributed by atoms with Crippen molar-refractivity contribution in [1.29, 1.82) is 0 Å². The molecule has 0 radical (unpaired) electrons. The Bertz CT molecular complexity index is 373. The molecule has 0 bridgehead atoms. The molecule has 0 saturated heterocycles. The van der Waals surface area contributed by atoms with Gasteiger partial charge in [0.25, 0.3) is 0 Å². The van der Waals surface area contributed by atoms with E-state index >= 15 is 0 Å². The lowest BCUT2D eigenvalue weighted by molar-refractivity contribution is 0.490. The maximum absolute atomic E-state index is 3.66. The zero-order chi connectivity index (χ0) is 13.0. The van der Waals surface area contributed by atoms with E-state index in [-0.39, 0.29) is 0 Å². The molecular weight excluding hydrogens is 220 g/mol. The maximum atomic E-state index is 3.66. The Balaban J connectivity index is 2.17. The van der Waals surface area contributed by atoms with E-state index in [9.17, 15) is 0 Å². The Morgan fingerprint density at radius 1 is 1.33 bits per heavy atom.